The third kappa shape index (κ3) is 2.76. The number of nitro benzene ring substituents is 1. The van der Waals surface area contributed by atoms with Crippen LogP contribution in [0.15, 0.2) is 18.2 Å². The maximum Gasteiger partial charge on any atom is 0.283 e. The van der Waals surface area contributed by atoms with Gasteiger partial charge in [-0.25, -0.2) is 0 Å². The summed E-state index contributed by atoms with van der Waals surface area (Å²) in [6, 6.07) is 4.10. The zero-order valence-corrected chi connectivity index (χ0v) is 11.5. The monoisotopic (exact) mass is 298 g/mol. The van der Waals surface area contributed by atoms with Crippen LogP contribution >= 0.6 is 11.6 Å². The number of nitrogens with one attached hydrogen (secondary N) is 1. The first-order valence-corrected chi connectivity index (χ1v) is 6.73. The lowest BCUT2D eigenvalue weighted by Gasteiger charge is -2.28. The molecule has 2 rings (SSSR count). The number of amides is 1. The molecule has 1 aliphatic carbocycles. The second kappa shape index (κ2) is 5.76. The van der Waals surface area contributed by atoms with Gasteiger partial charge in [0, 0.05) is 6.07 Å². The summed E-state index contributed by atoms with van der Waals surface area (Å²) in [7, 11) is 0. The molecule has 0 bridgehead atoms. The van der Waals surface area contributed by atoms with Crippen LogP contribution in [0.2, 0.25) is 5.02 Å². The van der Waals surface area contributed by atoms with E-state index < -0.39 is 16.4 Å². The van der Waals surface area contributed by atoms with Crippen LogP contribution < -0.4 is 5.32 Å². The Morgan fingerprint density at radius 1 is 1.45 bits per heavy atom. The number of nitrogens with zero attached hydrogens (tertiary/aromatic N) is 1. The standard InChI is InChI=1S/C13H15ClN2O4/c14-9-4-3-5-10(16(19)20)11(9)12(18)15-13(8-17)6-1-2-7-13/h3-5,17H,1-2,6-8H2,(H,15,18). The molecule has 0 atom stereocenters. The molecule has 0 heterocycles. The highest BCUT2D eigenvalue weighted by atomic mass is 35.5. The van der Waals surface area contributed by atoms with Gasteiger partial charge in [0.05, 0.1) is 22.1 Å². The minimum absolute atomic E-state index is 0.0304. The van der Waals surface area contributed by atoms with Gasteiger partial charge < -0.3 is 10.4 Å². The molecule has 1 saturated carbocycles. The molecule has 7 heteroatoms. The number of carbonyl (C=O) groups is 1. The highest BCUT2D eigenvalue weighted by Crippen LogP contribution is 2.31. The second-order valence-corrected chi connectivity index (χ2v) is 5.40. The minimum Gasteiger partial charge on any atom is -0.394 e. The summed E-state index contributed by atoms with van der Waals surface area (Å²) < 4.78 is 0. The number of hydrogen-bond donors (Lipinski definition) is 2. The van der Waals surface area contributed by atoms with Gasteiger partial charge in [0.1, 0.15) is 5.56 Å². The molecule has 6 nitrogen and oxygen atoms in total. The Hall–Kier alpha value is -1.66. The molecule has 1 aromatic rings. The van der Waals surface area contributed by atoms with Gasteiger partial charge in [0.2, 0.25) is 0 Å². The van der Waals surface area contributed by atoms with Crippen molar-refractivity contribution in [2.24, 2.45) is 0 Å². The van der Waals surface area contributed by atoms with Crippen LogP contribution in [0.5, 0.6) is 0 Å². The smallest absolute Gasteiger partial charge is 0.283 e. The summed E-state index contributed by atoms with van der Waals surface area (Å²) in [4.78, 5) is 22.6. The average Bonchev–Trinajstić information content (AvgIpc) is 2.87. The van der Waals surface area contributed by atoms with Crippen LogP contribution in [-0.2, 0) is 0 Å². The fourth-order valence-electron chi connectivity index (χ4n) is 2.57. The van der Waals surface area contributed by atoms with Crippen molar-refractivity contribution in [3.63, 3.8) is 0 Å². The maximum atomic E-state index is 12.3. The molecule has 1 aliphatic rings. The number of aliphatic hydroxyl groups excluding tert-OH is 1. The summed E-state index contributed by atoms with van der Waals surface area (Å²) in [6.45, 7) is -0.184. The maximum absolute atomic E-state index is 12.3. The van der Waals surface area contributed by atoms with E-state index in [1.807, 2.05) is 0 Å². The van der Waals surface area contributed by atoms with E-state index in [0.717, 1.165) is 12.8 Å². The van der Waals surface area contributed by atoms with E-state index in [0.29, 0.717) is 12.8 Å². The molecule has 1 fully saturated rings. The number of aliphatic hydroxyl groups is 1. The van der Waals surface area contributed by atoms with E-state index in [4.69, 9.17) is 11.6 Å². The van der Waals surface area contributed by atoms with Gasteiger partial charge in [0.15, 0.2) is 0 Å². The molecule has 1 amide bonds. The van der Waals surface area contributed by atoms with Crippen molar-refractivity contribution in [3.8, 4) is 0 Å². The number of nitro groups is 1. The molecule has 0 aromatic heterocycles. The fourth-order valence-corrected chi connectivity index (χ4v) is 2.82. The highest BCUT2D eigenvalue weighted by molar-refractivity contribution is 6.34. The van der Waals surface area contributed by atoms with E-state index in [9.17, 15) is 20.0 Å². The summed E-state index contributed by atoms with van der Waals surface area (Å²) in [5.74, 6) is -0.613. The number of carbonyl (C=O) groups excluding carboxylic acids is 1. The zero-order chi connectivity index (χ0) is 14.8. The first kappa shape index (κ1) is 14.7. The lowest BCUT2D eigenvalue weighted by atomic mass is 9.98. The Bertz CT molecular complexity index is 541. The lowest BCUT2D eigenvalue weighted by Crippen LogP contribution is -2.49. The molecule has 0 aliphatic heterocycles. The molecule has 0 saturated heterocycles. The molecular formula is C13H15ClN2O4. The Morgan fingerprint density at radius 3 is 2.65 bits per heavy atom. The molecule has 20 heavy (non-hydrogen) atoms. The van der Waals surface area contributed by atoms with E-state index in [2.05, 4.69) is 5.32 Å². The summed E-state index contributed by atoms with van der Waals surface area (Å²) >= 11 is 5.91. The van der Waals surface area contributed by atoms with Crippen LogP contribution in [0.1, 0.15) is 36.0 Å². The molecule has 108 valence electrons. The van der Waals surface area contributed by atoms with E-state index in [1.54, 1.807) is 0 Å². The molecule has 1 aromatic carbocycles. The first-order valence-electron chi connectivity index (χ1n) is 6.35. The highest BCUT2D eigenvalue weighted by Gasteiger charge is 2.36. The van der Waals surface area contributed by atoms with Crippen molar-refractivity contribution in [1.82, 2.24) is 5.32 Å². The number of hydrogen-bond acceptors (Lipinski definition) is 4. The summed E-state index contributed by atoms with van der Waals surface area (Å²) in [5.41, 5.74) is -1.18. The zero-order valence-electron chi connectivity index (χ0n) is 10.8. The third-order valence-electron chi connectivity index (χ3n) is 3.66. The number of rotatable bonds is 4. The molecule has 2 N–H and O–H groups in total. The lowest BCUT2D eigenvalue weighted by molar-refractivity contribution is -0.385. The Morgan fingerprint density at radius 2 is 2.10 bits per heavy atom. The van der Waals surface area contributed by atoms with Gasteiger partial charge in [-0.15, -0.1) is 0 Å². The van der Waals surface area contributed by atoms with Crippen molar-refractivity contribution in [2.75, 3.05) is 6.61 Å². The predicted molar refractivity (Wildman–Crippen MR) is 73.9 cm³/mol. The molecular weight excluding hydrogens is 284 g/mol. The van der Waals surface area contributed by atoms with Crippen LogP contribution in [0.3, 0.4) is 0 Å². The first-order chi connectivity index (χ1) is 9.49. The van der Waals surface area contributed by atoms with Crippen LogP contribution in [0.4, 0.5) is 5.69 Å². The van der Waals surface area contributed by atoms with Crippen molar-refractivity contribution in [1.29, 1.82) is 0 Å². The van der Waals surface area contributed by atoms with Gasteiger partial charge in [-0.05, 0) is 18.9 Å². The summed E-state index contributed by atoms with van der Waals surface area (Å²) in [5, 5.41) is 23.2. The van der Waals surface area contributed by atoms with Gasteiger partial charge in [-0.2, -0.15) is 0 Å². The van der Waals surface area contributed by atoms with Crippen molar-refractivity contribution in [2.45, 2.75) is 31.2 Å². The topological polar surface area (TPSA) is 92.5 Å². The average molecular weight is 299 g/mol. The quantitative estimate of drug-likeness (QED) is 0.659. The van der Waals surface area contributed by atoms with Gasteiger partial charge >= 0.3 is 0 Å². The SMILES string of the molecule is O=C(NC1(CO)CCCC1)c1c(Cl)cccc1[N+](=O)[O-]. The van der Waals surface area contributed by atoms with E-state index >= 15 is 0 Å². The Kier molecular flexibility index (Phi) is 4.25. The normalized spacial score (nSPS) is 16.9. The largest absolute Gasteiger partial charge is 0.394 e. The number of halogens is 1. The van der Waals surface area contributed by atoms with Crippen LogP contribution in [0, 0.1) is 10.1 Å². The van der Waals surface area contributed by atoms with Crippen molar-refractivity contribution < 1.29 is 14.8 Å². The summed E-state index contributed by atoms with van der Waals surface area (Å²) in [6.07, 6.45) is 3.14. The van der Waals surface area contributed by atoms with Gasteiger partial charge in [-0.1, -0.05) is 30.5 Å². The molecule has 0 radical (unpaired) electrons. The Labute approximate surface area is 120 Å². The van der Waals surface area contributed by atoms with Crippen LogP contribution in [0.25, 0.3) is 0 Å². The Balaban J connectivity index is 2.32. The predicted octanol–water partition coefficient (Wildman–Crippen LogP) is 2.28. The van der Waals surface area contributed by atoms with Crippen LogP contribution in [-0.4, -0.2) is 28.1 Å². The van der Waals surface area contributed by atoms with E-state index in [1.165, 1.54) is 18.2 Å². The van der Waals surface area contributed by atoms with Crippen molar-refractivity contribution in [3.05, 3.63) is 38.9 Å². The third-order valence-corrected chi connectivity index (χ3v) is 3.97. The minimum atomic E-state index is -0.690. The van der Waals surface area contributed by atoms with E-state index in [-0.39, 0.29) is 22.9 Å². The molecule has 0 unspecified atom stereocenters. The fraction of sp³-hybridized carbons (Fsp3) is 0.462. The van der Waals surface area contributed by atoms with Gasteiger partial charge in [0.25, 0.3) is 11.6 Å². The second-order valence-electron chi connectivity index (χ2n) is 4.99. The molecule has 0 spiro atoms. The van der Waals surface area contributed by atoms with Crippen molar-refractivity contribution >= 4 is 23.2 Å². The number of benzene rings is 1. The van der Waals surface area contributed by atoms with Gasteiger partial charge in [-0.3, -0.25) is 14.9 Å².